The summed E-state index contributed by atoms with van der Waals surface area (Å²) in [6.07, 6.45) is 23.4. The van der Waals surface area contributed by atoms with Crippen LogP contribution in [-0.4, -0.2) is 83.4 Å². The lowest BCUT2D eigenvalue weighted by atomic mass is 9.71. The molecule has 0 saturated carbocycles. The lowest BCUT2D eigenvalue weighted by Gasteiger charge is -2.36. The summed E-state index contributed by atoms with van der Waals surface area (Å²) in [7, 11) is 1.59. The number of carbonyl (C=O) groups is 5. The summed E-state index contributed by atoms with van der Waals surface area (Å²) in [6.45, 7) is 18.2. The summed E-state index contributed by atoms with van der Waals surface area (Å²) in [6, 6.07) is 0. The summed E-state index contributed by atoms with van der Waals surface area (Å²) in [5.41, 5.74) is 7.17. The molecule has 2 aliphatic rings. The normalized spacial score (nSPS) is 22.2. The van der Waals surface area contributed by atoms with E-state index in [-0.39, 0.29) is 48.3 Å². The Morgan fingerprint density at radius 1 is 0.762 bits per heavy atom. The van der Waals surface area contributed by atoms with Crippen molar-refractivity contribution in [2.45, 2.75) is 119 Å². The first-order valence-electron chi connectivity index (χ1n) is 21.0. The number of allylic oxidation sites excluding steroid dienone is 21. The van der Waals surface area contributed by atoms with Gasteiger partial charge in [0.05, 0.1) is 12.8 Å². The van der Waals surface area contributed by atoms with Crippen molar-refractivity contribution in [2.24, 2.45) is 11.3 Å². The van der Waals surface area contributed by atoms with Crippen molar-refractivity contribution in [3.05, 3.63) is 141 Å². The molecular formula is C51H66O12. The van der Waals surface area contributed by atoms with Gasteiger partial charge in [-0.25, -0.2) is 0 Å². The van der Waals surface area contributed by atoms with Crippen LogP contribution in [0.4, 0.5) is 0 Å². The Hall–Kier alpha value is -5.85. The SMILES string of the molecule is COC1CC(C)(C)C(/C=C/C(C)=C/C=C/C(C)=C/C=C/C=C(C)/C=C/C=C(C)/C=C/C2=C(C)C(=O)C(OC(=O)CCC(=O)OCC(O)C(OC=O)/C(O)=C(\C)O)CC2C)=C(C)C1=O. The second-order valence-electron chi connectivity index (χ2n) is 16.6. The number of ketones is 2. The molecule has 3 N–H and O–H groups in total. The molecule has 12 heteroatoms. The lowest BCUT2D eigenvalue weighted by Crippen LogP contribution is -2.37. The molecule has 0 amide bonds. The highest BCUT2D eigenvalue weighted by Crippen LogP contribution is 2.40. The fourth-order valence-electron chi connectivity index (χ4n) is 6.93. The Morgan fingerprint density at radius 2 is 1.27 bits per heavy atom. The van der Waals surface area contributed by atoms with E-state index in [1.165, 1.54) is 0 Å². The van der Waals surface area contributed by atoms with E-state index in [2.05, 4.69) is 24.7 Å². The van der Waals surface area contributed by atoms with Crippen molar-refractivity contribution in [1.82, 2.24) is 0 Å². The first-order valence-corrected chi connectivity index (χ1v) is 21.0. The highest BCUT2D eigenvalue weighted by molar-refractivity contribution is 6.02. The van der Waals surface area contributed by atoms with Gasteiger partial charge in [-0.15, -0.1) is 0 Å². The summed E-state index contributed by atoms with van der Waals surface area (Å²) < 4.78 is 20.3. The van der Waals surface area contributed by atoms with Gasteiger partial charge in [0.15, 0.2) is 29.5 Å². The van der Waals surface area contributed by atoms with Crippen molar-refractivity contribution in [3.63, 3.8) is 0 Å². The number of aliphatic hydroxyl groups is 3. The molecule has 0 fully saturated rings. The smallest absolute Gasteiger partial charge is 0.307 e. The molecule has 0 aromatic carbocycles. The van der Waals surface area contributed by atoms with Crippen LogP contribution in [0.1, 0.15) is 94.9 Å². The number of carbonyl (C=O) groups excluding carboxylic acids is 5. The summed E-state index contributed by atoms with van der Waals surface area (Å²) in [5.74, 6) is -3.40. The molecule has 0 aliphatic heterocycles. The third-order valence-electron chi connectivity index (χ3n) is 10.7. The van der Waals surface area contributed by atoms with Crippen LogP contribution in [0, 0.1) is 11.3 Å². The third kappa shape index (κ3) is 17.4. The van der Waals surface area contributed by atoms with Crippen LogP contribution < -0.4 is 0 Å². The Labute approximate surface area is 372 Å². The van der Waals surface area contributed by atoms with E-state index >= 15 is 0 Å². The summed E-state index contributed by atoms with van der Waals surface area (Å²) >= 11 is 0. The molecule has 0 aromatic rings. The molecule has 12 nitrogen and oxygen atoms in total. The molecule has 2 aliphatic carbocycles. The Morgan fingerprint density at radius 3 is 1.81 bits per heavy atom. The van der Waals surface area contributed by atoms with Gasteiger partial charge in [-0.3, -0.25) is 24.0 Å². The van der Waals surface area contributed by atoms with Gasteiger partial charge in [-0.1, -0.05) is 128 Å². The molecule has 0 saturated heterocycles. The Kier molecular flexibility index (Phi) is 21.9. The lowest BCUT2D eigenvalue weighted by molar-refractivity contribution is -0.159. The molecule has 0 aromatic heterocycles. The number of hydrogen-bond donors (Lipinski definition) is 3. The predicted molar refractivity (Wildman–Crippen MR) is 244 cm³/mol. The number of hydrogen-bond acceptors (Lipinski definition) is 12. The minimum absolute atomic E-state index is 0.0448. The number of ether oxygens (including phenoxy) is 4. The van der Waals surface area contributed by atoms with Crippen LogP contribution in [0.5, 0.6) is 0 Å². The number of rotatable bonds is 21. The van der Waals surface area contributed by atoms with Crippen LogP contribution in [0.2, 0.25) is 0 Å². The van der Waals surface area contributed by atoms with Crippen molar-refractivity contribution in [3.8, 4) is 0 Å². The van der Waals surface area contributed by atoms with Gasteiger partial charge in [0.25, 0.3) is 6.47 Å². The molecule has 0 heterocycles. The molecular weight excluding hydrogens is 805 g/mol. The van der Waals surface area contributed by atoms with Crippen molar-refractivity contribution in [1.29, 1.82) is 0 Å². The molecule has 0 radical (unpaired) electrons. The van der Waals surface area contributed by atoms with Gasteiger partial charge in [0, 0.05) is 7.11 Å². The summed E-state index contributed by atoms with van der Waals surface area (Å²) in [5, 5.41) is 29.3. The van der Waals surface area contributed by atoms with Crippen molar-refractivity contribution >= 4 is 30.0 Å². The fraction of sp³-hybridized carbons (Fsp3) is 0.431. The zero-order chi connectivity index (χ0) is 47.4. The second-order valence-corrected chi connectivity index (χ2v) is 16.6. The van der Waals surface area contributed by atoms with Crippen LogP contribution >= 0.6 is 0 Å². The molecule has 5 unspecified atom stereocenters. The van der Waals surface area contributed by atoms with Crippen molar-refractivity contribution in [2.75, 3.05) is 13.7 Å². The maximum absolute atomic E-state index is 13.1. The van der Waals surface area contributed by atoms with Gasteiger partial charge in [0.2, 0.25) is 0 Å². The van der Waals surface area contributed by atoms with Crippen LogP contribution in [0.25, 0.3) is 0 Å². The zero-order valence-corrected chi connectivity index (χ0v) is 38.6. The van der Waals surface area contributed by atoms with Crippen LogP contribution in [-0.2, 0) is 42.9 Å². The molecule has 2 rings (SSSR count). The van der Waals surface area contributed by atoms with Crippen LogP contribution in [0.15, 0.2) is 141 Å². The monoisotopic (exact) mass is 870 g/mol. The maximum atomic E-state index is 13.1. The number of Topliss-reactive ketones (excluding diaryl/α,β-unsaturated/α-hetero) is 2. The van der Waals surface area contributed by atoms with Gasteiger partial charge >= 0.3 is 11.9 Å². The maximum Gasteiger partial charge on any atom is 0.307 e. The highest BCUT2D eigenvalue weighted by atomic mass is 16.6. The van der Waals surface area contributed by atoms with E-state index in [0.29, 0.717) is 12.0 Å². The minimum atomic E-state index is -1.69. The van der Waals surface area contributed by atoms with Gasteiger partial charge < -0.3 is 34.3 Å². The number of methoxy groups -OCH3 is 1. The Bertz CT molecular complexity index is 2070. The van der Waals surface area contributed by atoms with E-state index in [1.54, 1.807) is 14.0 Å². The molecule has 0 spiro atoms. The minimum Gasteiger partial charge on any atom is -0.509 e. The van der Waals surface area contributed by atoms with E-state index in [0.717, 1.165) is 45.9 Å². The van der Waals surface area contributed by atoms with Crippen LogP contribution in [0.3, 0.4) is 0 Å². The highest BCUT2D eigenvalue weighted by Gasteiger charge is 2.38. The second kappa shape index (κ2) is 25.9. The predicted octanol–water partition coefficient (Wildman–Crippen LogP) is 9.29. The quantitative estimate of drug-likeness (QED) is 0.0327. The molecule has 0 bridgehead atoms. The zero-order valence-electron chi connectivity index (χ0n) is 38.6. The average molecular weight is 871 g/mol. The fourth-order valence-corrected chi connectivity index (χ4v) is 6.93. The standard InChI is InChI=1S/C51H66O12/c1-32(16-12-13-17-33(2)19-15-21-35(4)23-25-41-38(7)48(58)44(60-11)29-51(41,9)10)18-14-20-34(3)22-24-40-36(5)28-43(47(57)37(40)6)63-46(56)27-26-45(55)61-30-42(54)50(62-31-52)49(59)39(8)53/h12-25,31,36,42-44,50,53-54,59H,26-30H2,1-11H3/b13-12+,18-14+,19-15+,24-22+,25-23+,32-16+,33-17+,34-20+,35-21+,49-39-. The first kappa shape index (κ1) is 53.3. The van der Waals surface area contributed by atoms with Gasteiger partial charge in [0.1, 0.15) is 24.6 Å². The molecule has 342 valence electrons. The largest absolute Gasteiger partial charge is 0.509 e. The summed E-state index contributed by atoms with van der Waals surface area (Å²) in [4.78, 5) is 61.2. The number of esters is 2. The van der Waals surface area contributed by atoms with E-state index in [9.17, 15) is 39.3 Å². The van der Waals surface area contributed by atoms with Gasteiger partial charge in [-0.2, -0.15) is 0 Å². The molecule has 5 atom stereocenters. The van der Waals surface area contributed by atoms with Crippen molar-refractivity contribution < 1.29 is 58.2 Å². The third-order valence-corrected chi connectivity index (χ3v) is 10.7. The topological polar surface area (TPSA) is 183 Å². The van der Waals surface area contributed by atoms with E-state index in [4.69, 9.17) is 14.2 Å². The molecule has 63 heavy (non-hydrogen) atoms. The van der Waals surface area contributed by atoms with Gasteiger partial charge in [-0.05, 0) is 94.9 Å². The average Bonchev–Trinajstić information content (AvgIpc) is 3.22. The Balaban J connectivity index is 1.89. The first-order chi connectivity index (χ1) is 29.6. The van der Waals surface area contributed by atoms with E-state index in [1.807, 2.05) is 121 Å². The van der Waals surface area contributed by atoms with E-state index < -0.39 is 54.8 Å². The number of aliphatic hydroxyl groups excluding tert-OH is 3.